The van der Waals surface area contributed by atoms with Crippen LogP contribution in [0.25, 0.3) is 11.3 Å². The van der Waals surface area contributed by atoms with Crippen LogP contribution in [0, 0.1) is 13.8 Å². The molecule has 3 aromatic rings. The van der Waals surface area contributed by atoms with Gasteiger partial charge in [0.25, 0.3) is 0 Å². The van der Waals surface area contributed by atoms with Crippen molar-refractivity contribution in [2.45, 2.75) is 38.7 Å². The van der Waals surface area contributed by atoms with E-state index < -0.39 is 5.60 Å². The highest BCUT2D eigenvalue weighted by atomic mass is 16.5. The van der Waals surface area contributed by atoms with Gasteiger partial charge in [-0.1, -0.05) is 29.8 Å². The van der Waals surface area contributed by atoms with Gasteiger partial charge in [0.2, 0.25) is 5.75 Å². The highest BCUT2D eigenvalue weighted by molar-refractivity contribution is 6.01. The molecule has 0 atom stereocenters. The number of benzene rings is 2. The van der Waals surface area contributed by atoms with Crippen molar-refractivity contribution < 1.29 is 19.0 Å². The van der Waals surface area contributed by atoms with Gasteiger partial charge in [0.15, 0.2) is 17.3 Å². The zero-order valence-electron chi connectivity index (χ0n) is 20.1. The normalized spacial score (nSPS) is 16.7. The van der Waals surface area contributed by atoms with Crippen molar-refractivity contribution in [1.29, 1.82) is 0 Å². The first-order valence-electron chi connectivity index (χ1n) is 11.6. The van der Waals surface area contributed by atoms with E-state index in [0.717, 1.165) is 36.0 Å². The third-order valence-electron chi connectivity index (χ3n) is 6.77. The molecule has 0 saturated carbocycles. The molecule has 5 rings (SSSR count). The van der Waals surface area contributed by atoms with Crippen molar-refractivity contribution in [2.24, 2.45) is 0 Å². The molecule has 0 bridgehead atoms. The zero-order chi connectivity index (χ0) is 23.9. The number of ketones is 1. The predicted molar refractivity (Wildman–Crippen MR) is 130 cm³/mol. The molecule has 7 nitrogen and oxygen atoms in total. The number of nitrogens with zero attached hydrogens (tertiary/aromatic N) is 3. The Morgan fingerprint density at radius 1 is 0.971 bits per heavy atom. The molecule has 7 heteroatoms. The van der Waals surface area contributed by atoms with Gasteiger partial charge in [-0.15, -0.1) is 0 Å². The van der Waals surface area contributed by atoms with Gasteiger partial charge in [-0.25, -0.2) is 9.97 Å². The molecule has 1 fully saturated rings. The molecule has 0 radical (unpaired) electrons. The van der Waals surface area contributed by atoms with Crippen molar-refractivity contribution in [3.63, 3.8) is 0 Å². The minimum Gasteiger partial charge on any atom is -0.493 e. The highest BCUT2D eigenvalue weighted by Crippen LogP contribution is 2.48. The molecule has 3 heterocycles. The minimum atomic E-state index is -0.553. The molecular weight excluding hydrogens is 430 g/mol. The summed E-state index contributed by atoms with van der Waals surface area (Å²) < 4.78 is 17.5. The van der Waals surface area contributed by atoms with Crippen LogP contribution in [0.4, 0.5) is 5.82 Å². The van der Waals surface area contributed by atoms with Crippen molar-refractivity contribution >= 4 is 11.6 Å². The number of carbonyl (C=O) groups excluding carboxylic acids is 1. The minimum absolute atomic E-state index is 0.0789. The van der Waals surface area contributed by atoms with E-state index >= 15 is 0 Å². The summed E-state index contributed by atoms with van der Waals surface area (Å²) in [5.74, 6) is 3.25. The number of Topliss-reactive ketones (excluding diaryl/α,β-unsaturated/α-hetero) is 1. The Labute approximate surface area is 199 Å². The first kappa shape index (κ1) is 22.2. The number of anilines is 1. The Morgan fingerprint density at radius 2 is 1.71 bits per heavy atom. The van der Waals surface area contributed by atoms with E-state index in [2.05, 4.69) is 41.1 Å². The van der Waals surface area contributed by atoms with Crippen LogP contribution in [0.5, 0.6) is 17.2 Å². The quantitative estimate of drug-likeness (QED) is 0.556. The maximum absolute atomic E-state index is 13.0. The summed E-state index contributed by atoms with van der Waals surface area (Å²) in [6.07, 6.45) is 1.78. The predicted octanol–water partition coefficient (Wildman–Crippen LogP) is 4.78. The summed E-state index contributed by atoms with van der Waals surface area (Å²) in [5, 5.41) is 0. The van der Waals surface area contributed by atoms with E-state index in [4.69, 9.17) is 19.2 Å². The van der Waals surface area contributed by atoms with Crippen LogP contribution in [0.1, 0.15) is 41.0 Å². The van der Waals surface area contributed by atoms with E-state index in [9.17, 15) is 4.79 Å². The number of fused-ring (bicyclic) bond motifs is 1. The number of aromatic nitrogens is 2. The third-order valence-corrected chi connectivity index (χ3v) is 6.77. The summed E-state index contributed by atoms with van der Waals surface area (Å²) in [4.78, 5) is 24.6. The van der Waals surface area contributed by atoms with Gasteiger partial charge in [-0.3, -0.25) is 4.79 Å². The zero-order valence-corrected chi connectivity index (χ0v) is 20.1. The van der Waals surface area contributed by atoms with Gasteiger partial charge < -0.3 is 19.1 Å². The lowest BCUT2D eigenvalue weighted by atomic mass is 9.82. The monoisotopic (exact) mass is 459 g/mol. The molecule has 176 valence electrons. The molecule has 1 saturated heterocycles. The molecule has 2 aliphatic heterocycles. The van der Waals surface area contributed by atoms with Crippen LogP contribution in [0.15, 0.2) is 42.5 Å². The van der Waals surface area contributed by atoms with E-state index in [1.807, 2.05) is 13.0 Å². The van der Waals surface area contributed by atoms with Gasteiger partial charge in [-0.2, -0.15) is 0 Å². The van der Waals surface area contributed by atoms with Crippen LogP contribution in [0.2, 0.25) is 0 Å². The van der Waals surface area contributed by atoms with Gasteiger partial charge in [0.05, 0.1) is 31.9 Å². The number of hydrogen-bond acceptors (Lipinski definition) is 7. The van der Waals surface area contributed by atoms with E-state index in [0.29, 0.717) is 42.1 Å². The average molecular weight is 460 g/mol. The molecular formula is C27H29N3O4. The van der Waals surface area contributed by atoms with Crippen LogP contribution in [-0.4, -0.2) is 48.7 Å². The molecule has 2 aliphatic rings. The number of methoxy groups -OCH3 is 2. The van der Waals surface area contributed by atoms with Crippen LogP contribution < -0.4 is 19.1 Å². The van der Waals surface area contributed by atoms with Crippen LogP contribution in [0.3, 0.4) is 0 Å². The Hall–Kier alpha value is -3.61. The Kier molecular flexibility index (Phi) is 5.63. The molecule has 0 amide bonds. The lowest BCUT2D eigenvalue weighted by Crippen LogP contribution is -2.51. The van der Waals surface area contributed by atoms with Gasteiger partial charge in [0, 0.05) is 37.6 Å². The summed E-state index contributed by atoms with van der Waals surface area (Å²) in [5.41, 5.74) is 3.21. The Bertz CT molecular complexity index is 1230. The van der Waals surface area contributed by atoms with Crippen molar-refractivity contribution in [2.75, 3.05) is 32.2 Å². The molecule has 0 unspecified atom stereocenters. The number of ether oxygens (including phenoxy) is 3. The van der Waals surface area contributed by atoms with Crippen molar-refractivity contribution in [3.8, 4) is 28.5 Å². The average Bonchev–Trinajstić information content (AvgIpc) is 2.83. The van der Waals surface area contributed by atoms with Gasteiger partial charge in [-0.05, 0) is 26.0 Å². The largest absolute Gasteiger partial charge is 0.493 e. The van der Waals surface area contributed by atoms with Gasteiger partial charge >= 0.3 is 0 Å². The standard InChI is InChI=1S/C27H29N3O4/c1-17-5-7-19(8-6-17)21-15-24(29-18(2)28-21)30-13-11-27(12-14-30)16-22(31)20-9-10-23(32-3)26(33-4)25(20)34-27/h5-10,15H,11-14,16H2,1-4H3. The molecule has 34 heavy (non-hydrogen) atoms. The molecule has 0 aliphatic carbocycles. The van der Waals surface area contributed by atoms with Crippen LogP contribution in [-0.2, 0) is 0 Å². The Morgan fingerprint density at radius 3 is 2.38 bits per heavy atom. The van der Waals surface area contributed by atoms with Crippen molar-refractivity contribution in [1.82, 2.24) is 9.97 Å². The number of hydrogen-bond donors (Lipinski definition) is 0. The smallest absolute Gasteiger partial charge is 0.204 e. The SMILES string of the molecule is COc1ccc2c(c1OC)OC1(CCN(c3cc(-c4ccc(C)cc4)nc(C)n3)CC1)CC2=O. The number of rotatable bonds is 4. The maximum atomic E-state index is 13.0. The highest BCUT2D eigenvalue weighted by Gasteiger charge is 2.44. The molecule has 1 aromatic heterocycles. The summed E-state index contributed by atoms with van der Waals surface area (Å²) in [6, 6.07) is 13.9. The maximum Gasteiger partial charge on any atom is 0.204 e. The third kappa shape index (κ3) is 3.95. The molecule has 0 N–H and O–H groups in total. The van der Waals surface area contributed by atoms with Crippen molar-refractivity contribution in [3.05, 3.63) is 59.4 Å². The number of aryl methyl sites for hydroxylation is 2. The fourth-order valence-corrected chi connectivity index (χ4v) is 4.87. The summed E-state index contributed by atoms with van der Waals surface area (Å²) in [7, 11) is 3.15. The fourth-order valence-electron chi connectivity index (χ4n) is 4.87. The number of carbonyl (C=O) groups is 1. The van der Waals surface area contributed by atoms with E-state index in [-0.39, 0.29) is 5.78 Å². The lowest BCUT2D eigenvalue weighted by molar-refractivity contribution is 0.0207. The lowest BCUT2D eigenvalue weighted by Gasteiger charge is -2.44. The molecule has 2 aromatic carbocycles. The second-order valence-corrected chi connectivity index (χ2v) is 9.07. The second kappa shape index (κ2) is 8.63. The summed E-state index contributed by atoms with van der Waals surface area (Å²) >= 11 is 0. The fraction of sp³-hybridized carbons (Fsp3) is 0.370. The van der Waals surface area contributed by atoms with E-state index in [1.54, 1.807) is 26.4 Å². The first-order valence-corrected chi connectivity index (χ1v) is 11.6. The Balaban J connectivity index is 1.38. The molecule has 1 spiro atoms. The summed E-state index contributed by atoms with van der Waals surface area (Å²) in [6.45, 7) is 5.47. The second-order valence-electron chi connectivity index (χ2n) is 9.07. The number of piperidine rings is 1. The first-order chi connectivity index (χ1) is 16.4. The topological polar surface area (TPSA) is 73.8 Å². The van der Waals surface area contributed by atoms with Crippen LogP contribution >= 0.6 is 0 Å². The van der Waals surface area contributed by atoms with E-state index in [1.165, 1.54) is 5.56 Å². The van der Waals surface area contributed by atoms with Gasteiger partial charge in [0.1, 0.15) is 17.2 Å².